The van der Waals surface area contributed by atoms with E-state index in [4.69, 9.17) is 0 Å². The molecule has 220 valence electrons. The molecular weight excluding hydrogens is 532 g/mol. The summed E-state index contributed by atoms with van der Waals surface area (Å²) in [6.07, 6.45) is 7.55. The summed E-state index contributed by atoms with van der Waals surface area (Å²) in [6, 6.07) is 14.7. The van der Waals surface area contributed by atoms with Crippen LogP contribution in [0.3, 0.4) is 0 Å². The fourth-order valence-electron chi connectivity index (χ4n) is 6.38. The first kappa shape index (κ1) is 29.1. The number of likely N-dealkylation sites (tertiary alicyclic amines) is 1. The van der Waals surface area contributed by atoms with Crippen molar-refractivity contribution in [2.45, 2.75) is 57.9 Å². The number of fused-ring (bicyclic) bond motifs is 1. The highest BCUT2D eigenvalue weighted by Crippen LogP contribution is 2.41. The summed E-state index contributed by atoms with van der Waals surface area (Å²) in [5.41, 5.74) is 6.47. The monoisotopic (exact) mass is 570 g/mol. The Morgan fingerprint density at radius 2 is 1.76 bits per heavy atom. The van der Waals surface area contributed by atoms with Gasteiger partial charge in [0.2, 0.25) is 12.8 Å². The molecule has 1 saturated heterocycles. The van der Waals surface area contributed by atoms with Gasteiger partial charge in [-0.05, 0) is 49.3 Å². The van der Waals surface area contributed by atoms with Gasteiger partial charge in [-0.15, -0.1) is 0 Å². The third kappa shape index (κ3) is 5.80. The molecule has 1 unspecified atom stereocenters. The van der Waals surface area contributed by atoms with E-state index in [1.165, 1.54) is 23.1 Å². The van der Waals surface area contributed by atoms with Gasteiger partial charge in [0.1, 0.15) is 0 Å². The summed E-state index contributed by atoms with van der Waals surface area (Å²) in [5, 5.41) is 19.0. The van der Waals surface area contributed by atoms with Gasteiger partial charge in [-0.3, -0.25) is 19.7 Å². The van der Waals surface area contributed by atoms with E-state index in [-0.39, 0.29) is 11.7 Å². The SMILES string of the molecule is CCC1=C(NC=O)C(c2ccc([N+](=O)[O-])cc2)C(N(C=O)C2CCN(CCc3c[nH]c4ccccc34)CC2)=C(CC)N1. The Bertz CT molecular complexity index is 1500. The van der Waals surface area contributed by atoms with Crippen molar-refractivity contribution in [1.82, 2.24) is 25.4 Å². The van der Waals surface area contributed by atoms with Crippen LogP contribution in [0.4, 0.5) is 5.69 Å². The Morgan fingerprint density at radius 3 is 2.40 bits per heavy atom. The van der Waals surface area contributed by atoms with Gasteiger partial charge < -0.3 is 25.4 Å². The predicted molar refractivity (Wildman–Crippen MR) is 162 cm³/mol. The van der Waals surface area contributed by atoms with Crippen LogP contribution in [-0.2, 0) is 16.0 Å². The molecule has 2 amide bonds. The highest BCUT2D eigenvalue weighted by atomic mass is 16.6. The zero-order valence-corrected chi connectivity index (χ0v) is 24.1. The fourth-order valence-corrected chi connectivity index (χ4v) is 6.38. The van der Waals surface area contributed by atoms with Crippen LogP contribution in [0.1, 0.15) is 56.6 Å². The lowest BCUT2D eigenvalue weighted by atomic mass is 9.84. The minimum Gasteiger partial charge on any atom is -0.361 e. The summed E-state index contributed by atoms with van der Waals surface area (Å²) in [6.45, 7) is 6.73. The Kier molecular flexibility index (Phi) is 9.02. The van der Waals surface area contributed by atoms with E-state index in [0.29, 0.717) is 24.9 Å². The summed E-state index contributed by atoms with van der Waals surface area (Å²) >= 11 is 0. The number of nitro groups is 1. The van der Waals surface area contributed by atoms with Crippen LogP contribution in [0.2, 0.25) is 0 Å². The summed E-state index contributed by atoms with van der Waals surface area (Å²) in [7, 11) is 0. The fraction of sp³-hybridized carbons (Fsp3) is 0.375. The van der Waals surface area contributed by atoms with Gasteiger partial charge >= 0.3 is 0 Å². The lowest BCUT2D eigenvalue weighted by Gasteiger charge is -2.43. The molecule has 3 aromatic rings. The number of para-hydroxylation sites is 1. The zero-order chi connectivity index (χ0) is 29.6. The number of rotatable bonds is 12. The van der Waals surface area contributed by atoms with Gasteiger partial charge in [0.15, 0.2) is 0 Å². The maximum atomic E-state index is 12.8. The first-order chi connectivity index (χ1) is 20.5. The molecule has 2 aliphatic rings. The second kappa shape index (κ2) is 13.0. The molecular formula is C32H38N6O4. The number of nitrogens with zero attached hydrogens (tertiary/aromatic N) is 3. The minimum absolute atomic E-state index is 0.00797. The number of allylic oxidation sites excluding steroid dienone is 2. The Labute approximate surface area is 245 Å². The molecule has 1 atom stereocenters. The van der Waals surface area contributed by atoms with Gasteiger partial charge in [-0.1, -0.05) is 44.2 Å². The van der Waals surface area contributed by atoms with Crippen LogP contribution < -0.4 is 10.6 Å². The molecule has 5 rings (SSSR count). The number of aromatic nitrogens is 1. The average molecular weight is 571 g/mol. The molecule has 2 aromatic carbocycles. The van der Waals surface area contributed by atoms with Crippen molar-refractivity contribution in [3.63, 3.8) is 0 Å². The molecule has 1 fully saturated rings. The van der Waals surface area contributed by atoms with Crippen molar-refractivity contribution in [2.75, 3.05) is 19.6 Å². The summed E-state index contributed by atoms with van der Waals surface area (Å²) in [4.78, 5) is 43.1. The molecule has 0 radical (unpaired) electrons. The number of hydrogen-bond acceptors (Lipinski definition) is 6. The lowest BCUT2D eigenvalue weighted by Crippen LogP contribution is -2.47. The van der Waals surface area contributed by atoms with Crippen LogP contribution in [0, 0.1) is 10.1 Å². The third-order valence-corrected chi connectivity index (χ3v) is 8.57. The van der Waals surface area contributed by atoms with Gasteiger partial charge in [0.25, 0.3) is 5.69 Å². The second-order valence-corrected chi connectivity index (χ2v) is 10.8. The highest BCUT2D eigenvalue weighted by Gasteiger charge is 2.37. The van der Waals surface area contributed by atoms with E-state index in [9.17, 15) is 19.7 Å². The van der Waals surface area contributed by atoms with E-state index in [2.05, 4.69) is 44.9 Å². The number of nitro benzene ring substituents is 1. The van der Waals surface area contributed by atoms with Crippen molar-refractivity contribution >= 4 is 29.4 Å². The predicted octanol–water partition coefficient (Wildman–Crippen LogP) is 4.92. The molecule has 0 saturated carbocycles. The Balaban J connectivity index is 1.38. The van der Waals surface area contributed by atoms with Crippen molar-refractivity contribution in [1.29, 1.82) is 0 Å². The van der Waals surface area contributed by atoms with E-state index in [0.717, 1.165) is 73.5 Å². The van der Waals surface area contributed by atoms with Crippen LogP contribution in [0.5, 0.6) is 0 Å². The quantitative estimate of drug-likeness (QED) is 0.161. The maximum Gasteiger partial charge on any atom is 0.269 e. The molecule has 42 heavy (non-hydrogen) atoms. The molecule has 10 nitrogen and oxygen atoms in total. The number of dihydropyridines is 1. The molecule has 2 aliphatic heterocycles. The second-order valence-electron chi connectivity index (χ2n) is 10.8. The number of H-pyrrole nitrogens is 1. The lowest BCUT2D eigenvalue weighted by molar-refractivity contribution is -0.384. The van der Waals surface area contributed by atoms with Crippen molar-refractivity contribution in [3.8, 4) is 0 Å². The van der Waals surface area contributed by atoms with E-state index in [1.54, 1.807) is 12.1 Å². The number of aromatic amines is 1. The molecule has 1 aromatic heterocycles. The molecule has 0 bridgehead atoms. The molecule has 3 N–H and O–H groups in total. The largest absolute Gasteiger partial charge is 0.361 e. The molecule has 10 heteroatoms. The summed E-state index contributed by atoms with van der Waals surface area (Å²) in [5.74, 6) is -0.452. The number of piperidine rings is 1. The van der Waals surface area contributed by atoms with Crippen LogP contribution in [-0.4, -0.2) is 58.2 Å². The van der Waals surface area contributed by atoms with E-state index >= 15 is 0 Å². The van der Waals surface area contributed by atoms with Crippen LogP contribution in [0.15, 0.2) is 77.5 Å². The van der Waals surface area contributed by atoms with Gasteiger partial charge in [0, 0.05) is 66.3 Å². The number of hydrogen-bond donors (Lipinski definition) is 3. The smallest absolute Gasteiger partial charge is 0.269 e. The van der Waals surface area contributed by atoms with Crippen LogP contribution in [0.25, 0.3) is 10.9 Å². The van der Waals surface area contributed by atoms with Gasteiger partial charge in [0.05, 0.1) is 22.2 Å². The van der Waals surface area contributed by atoms with Crippen molar-refractivity contribution < 1.29 is 14.5 Å². The molecule has 3 heterocycles. The summed E-state index contributed by atoms with van der Waals surface area (Å²) < 4.78 is 0. The number of carbonyl (C=O) groups is 2. The van der Waals surface area contributed by atoms with Crippen LogP contribution >= 0.6 is 0 Å². The molecule has 0 spiro atoms. The Hall–Kier alpha value is -4.44. The first-order valence-corrected chi connectivity index (χ1v) is 14.7. The number of benzene rings is 2. The third-order valence-electron chi connectivity index (χ3n) is 8.57. The van der Waals surface area contributed by atoms with E-state index in [1.807, 2.05) is 24.8 Å². The Morgan fingerprint density at radius 1 is 1.05 bits per heavy atom. The van der Waals surface area contributed by atoms with Gasteiger partial charge in [-0.2, -0.15) is 0 Å². The normalized spacial score (nSPS) is 18.2. The topological polar surface area (TPSA) is 124 Å². The number of non-ortho nitro benzene ring substituents is 1. The van der Waals surface area contributed by atoms with Crippen molar-refractivity contribution in [2.24, 2.45) is 0 Å². The maximum absolute atomic E-state index is 12.8. The van der Waals surface area contributed by atoms with E-state index < -0.39 is 10.8 Å². The first-order valence-electron chi connectivity index (χ1n) is 14.7. The average Bonchev–Trinajstić information content (AvgIpc) is 3.44. The number of nitrogens with one attached hydrogen (secondary N) is 3. The molecule has 0 aliphatic carbocycles. The van der Waals surface area contributed by atoms with Crippen molar-refractivity contribution in [3.05, 3.63) is 98.8 Å². The minimum atomic E-state index is -0.452. The zero-order valence-electron chi connectivity index (χ0n) is 24.1. The number of amides is 2. The standard InChI is InChI=1S/C32H38N6O4/c1-3-27-31(34-20-39)30(22-9-11-25(12-10-22)38(41)42)32(28(4-2)35-27)37(21-40)24-14-17-36(18-15-24)16-13-23-19-33-29-8-6-5-7-26(23)29/h5-12,19-21,24,30,33,35H,3-4,13-18H2,1-2H3,(H,34,39). The highest BCUT2D eigenvalue weighted by molar-refractivity contribution is 5.83. The van der Waals surface area contributed by atoms with Gasteiger partial charge in [-0.25, -0.2) is 0 Å². The number of carbonyl (C=O) groups excluding carboxylic acids is 2.